The first-order chi connectivity index (χ1) is 10.3. The number of hydrogen-bond acceptors (Lipinski definition) is 5. The largest absolute Gasteiger partial charge is 0.494 e. The number of halogens is 1. The summed E-state index contributed by atoms with van der Waals surface area (Å²) >= 11 is 1.63. The molecular weight excluding hydrogens is 289 g/mol. The highest BCUT2D eigenvalue weighted by molar-refractivity contribution is 7.09. The van der Waals surface area contributed by atoms with Gasteiger partial charge in [0.05, 0.1) is 19.3 Å². The summed E-state index contributed by atoms with van der Waals surface area (Å²) < 4.78 is 18.7. The minimum atomic E-state index is -0.355. The van der Waals surface area contributed by atoms with Crippen molar-refractivity contribution in [1.82, 2.24) is 15.2 Å². The van der Waals surface area contributed by atoms with Crippen molar-refractivity contribution < 1.29 is 9.13 Å². The van der Waals surface area contributed by atoms with Gasteiger partial charge in [-0.05, 0) is 18.2 Å². The van der Waals surface area contributed by atoms with Crippen LogP contribution in [0.25, 0.3) is 11.3 Å². The molecule has 0 radical (unpaired) electrons. The molecule has 1 aliphatic rings. The molecule has 0 saturated carbocycles. The number of nitrogens with zero attached hydrogens (tertiary/aromatic N) is 2. The van der Waals surface area contributed by atoms with E-state index in [1.807, 2.05) is 11.4 Å². The van der Waals surface area contributed by atoms with Gasteiger partial charge >= 0.3 is 0 Å². The van der Waals surface area contributed by atoms with E-state index in [-0.39, 0.29) is 11.6 Å². The lowest BCUT2D eigenvalue weighted by Gasteiger charge is -2.26. The Labute approximate surface area is 127 Å². The van der Waals surface area contributed by atoms with E-state index >= 15 is 0 Å². The van der Waals surface area contributed by atoms with Gasteiger partial charge in [0.25, 0.3) is 0 Å². The Morgan fingerprint density at radius 1 is 1.38 bits per heavy atom. The van der Waals surface area contributed by atoms with Crippen LogP contribution in [-0.2, 0) is 6.54 Å². The Balaban J connectivity index is 1.73. The Morgan fingerprint density at radius 2 is 2.19 bits per heavy atom. The lowest BCUT2D eigenvalue weighted by molar-refractivity contribution is 0.233. The molecule has 112 valence electrons. The zero-order chi connectivity index (χ0) is 14.7. The first kappa shape index (κ1) is 14.4. The molecular formula is C15H18FN3OS. The zero-order valence-corrected chi connectivity index (χ0v) is 12.8. The molecule has 21 heavy (non-hydrogen) atoms. The monoisotopic (exact) mass is 307 g/mol. The van der Waals surface area contributed by atoms with Gasteiger partial charge in [0.2, 0.25) is 0 Å². The van der Waals surface area contributed by atoms with Crippen LogP contribution in [0.4, 0.5) is 4.39 Å². The van der Waals surface area contributed by atoms with E-state index in [4.69, 9.17) is 4.74 Å². The highest BCUT2D eigenvalue weighted by Crippen LogP contribution is 2.27. The summed E-state index contributed by atoms with van der Waals surface area (Å²) in [5, 5.41) is 6.39. The number of hydrogen-bond donors (Lipinski definition) is 1. The van der Waals surface area contributed by atoms with Crippen LogP contribution in [0.5, 0.6) is 5.75 Å². The highest BCUT2D eigenvalue weighted by atomic mass is 32.1. The highest BCUT2D eigenvalue weighted by Gasteiger charge is 2.13. The van der Waals surface area contributed by atoms with Crippen LogP contribution in [-0.4, -0.2) is 43.2 Å². The Morgan fingerprint density at radius 3 is 2.90 bits per heavy atom. The first-order valence-electron chi connectivity index (χ1n) is 6.97. The number of rotatable bonds is 4. The molecule has 0 unspecified atom stereocenters. The standard InChI is InChI=1S/C15H18FN3OS/c1-20-14-3-2-11(8-12(14)16)13-10-21-15(18-13)9-19-6-4-17-5-7-19/h2-3,8,10,17H,4-7,9H2,1H3. The zero-order valence-electron chi connectivity index (χ0n) is 11.9. The number of ether oxygens (including phenoxy) is 1. The van der Waals surface area contributed by atoms with Crippen LogP contribution in [0, 0.1) is 5.82 Å². The van der Waals surface area contributed by atoms with Gasteiger partial charge in [-0.2, -0.15) is 0 Å². The van der Waals surface area contributed by atoms with Gasteiger partial charge in [-0.25, -0.2) is 9.37 Å². The molecule has 1 aromatic heterocycles. The van der Waals surface area contributed by atoms with Crippen molar-refractivity contribution in [3.63, 3.8) is 0 Å². The van der Waals surface area contributed by atoms with E-state index in [9.17, 15) is 4.39 Å². The van der Waals surface area contributed by atoms with Crippen LogP contribution in [0.2, 0.25) is 0 Å². The topological polar surface area (TPSA) is 37.4 Å². The van der Waals surface area contributed by atoms with Crippen LogP contribution in [0.1, 0.15) is 5.01 Å². The maximum absolute atomic E-state index is 13.8. The third-order valence-electron chi connectivity index (χ3n) is 3.57. The normalized spacial score (nSPS) is 16.1. The SMILES string of the molecule is COc1ccc(-c2csc(CN3CCNCC3)n2)cc1F. The van der Waals surface area contributed by atoms with Gasteiger partial charge in [0.1, 0.15) is 5.01 Å². The average molecular weight is 307 g/mol. The summed E-state index contributed by atoms with van der Waals surface area (Å²) in [6, 6.07) is 4.95. The Bertz CT molecular complexity index is 611. The average Bonchev–Trinajstić information content (AvgIpc) is 2.97. The van der Waals surface area contributed by atoms with Gasteiger partial charge in [-0.3, -0.25) is 4.90 Å². The molecule has 0 aliphatic carbocycles. The fourth-order valence-electron chi connectivity index (χ4n) is 2.40. The minimum Gasteiger partial charge on any atom is -0.494 e. The van der Waals surface area contributed by atoms with E-state index in [0.29, 0.717) is 0 Å². The fourth-order valence-corrected chi connectivity index (χ4v) is 3.25. The number of aromatic nitrogens is 1. The molecule has 0 spiro atoms. The van der Waals surface area contributed by atoms with E-state index in [2.05, 4.69) is 15.2 Å². The second-order valence-corrected chi connectivity index (χ2v) is 5.94. The smallest absolute Gasteiger partial charge is 0.165 e. The predicted molar refractivity (Wildman–Crippen MR) is 82.2 cm³/mol. The molecule has 1 N–H and O–H groups in total. The maximum Gasteiger partial charge on any atom is 0.165 e. The molecule has 4 nitrogen and oxygen atoms in total. The molecule has 3 rings (SSSR count). The number of methoxy groups -OCH3 is 1. The van der Waals surface area contributed by atoms with Crippen LogP contribution < -0.4 is 10.1 Å². The van der Waals surface area contributed by atoms with Gasteiger partial charge in [0, 0.05) is 37.1 Å². The predicted octanol–water partition coefficient (Wildman–Crippen LogP) is 2.36. The van der Waals surface area contributed by atoms with Crippen molar-refractivity contribution in [2.75, 3.05) is 33.3 Å². The summed E-state index contributed by atoms with van der Waals surface area (Å²) in [5.74, 6) is -0.0957. The Kier molecular flexibility index (Phi) is 4.48. The molecule has 1 aromatic carbocycles. The molecule has 1 aliphatic heterocycles. The quantitative estimate of drug-likeness (QED) is 0.941. The van der Waals surface area contributed by atoms with Gasteiger partial charge in [-0.1, -0.05) is 0 Å². The summed E-state index contributed by atoms with van der Waals surface area (Å²) in [6.45, 7) is 5.02. The van der Waals surface area contributed by atoms with Crippen molar-refractivity contribution >= 4 is 11.3 Å². The lowest BCUT2D eigenvalue weighted by atomic mass is 10.1. The van der Waals surface area contributed by atoms with Crippen molar-refractivity contribution in [1.29, 1.82) is 0 Å². The van der Waals surface area contributed by atoms with Gasteiger partial charge in [0.15, 0.2) is 11.6 Å². The van der Waals surface area contributed by atoms with E-state index in [1.165, 1.54) is 13.2 Å². The molecule has 6 heteroatoms. The molecule has 2 aromatic rings. The molecule has 0 atom stereocenters. The number of piperazine rings is 1. The number of benzene rings is 1. The van der Waals surface area contributed by atoms with Crippen LogP contribution in [0.15, 0.2) is 23.6 Å². The van der Waals surface area contributed by atoms with Crippen molar-refractivity contribution in [3.05, 3.63) is 34.4 Å². The summed E-state index contributed by atoms with van der Waals surface area (Å²) in [5.41, 5.74) is 1.61. The lowest BCUT2D eigenvalue weighted by Crippen LogP contribution is -2.42. The van der Waals surface area contributed by atoms with Crippen LogP contribution in [0.3, 0.4) is 0 Å². The minimum absolute atomic E-state index is 0.259. The van der Waals surface area contributed by atoms with Crippen molar-refractivity contribution in [3.8, 4) is 17.0 Å². The number of nitrogens with one attached hydrogen (secondary N) is 1. The molecule has 0 amide bonds. The van der Waals surface area contributed by atoms with Crippen molar-refractivity contribution in [2.45, 2.75) is 6.54 Å². The first-order valence-corrected chi connectivity index (χ1v) is 7.85. The maximum atomic E-state index is 13.8. The summed E-state index contributed by atoms with van der Waals surface area (Å²) in [6.07, 6.45) is 0. The third-order valence-corrected chi connectivity index (χ3v) is 4.40. The third kappa shape index (κ3) is 3.40. The molecule has 1 fully saturated rings. The number of thiazole rings is 1. The van der Waals surface area contributed by atoms with E-state index < -0.39 is 0 Å². The van der Waals surface area contributed by atoms with Crippen LogP contribution >= 0.6 is 11.3 Å². The van der Waals surface area contributed by atoms with E-state index in [0.717, 1.165) is 49.0 Å². The molecule has 2 heterocycles. The second kappa shape index (κ2) is 6.51. The molecule has 0 bridgehead atoms. The fraction of sp³-hybridized carbons (Fsp3) is 0.400. The van der Waals surface area contributed by atoms with Gasteiger partial charge < -0.3 is 10.1 Å². The van der Waals surface area contributed by atoms with Gasteiger partial charge in [-0.15, -0.1) is 11.3 Å². The van der Waals surface area contributed by atoms with E-state index in [1.54, 1.807) is 17.4 Å². The summed E-state index contributed by atoms with van der Waals surface area (Å²) in [7, 11) is 1.46. The second-order valence-electron chi connectivity index (χ2n) is 5.00. The summed E-state index contributed by atoms with van der Waals surface area (Å²) in [4.78, 5) is 7.00. The Hall–Kier alpha value is -1.50. The van der Waals surface area contributed by atoms with Crippen molar-refractivity contribution in [2.24, 2.45) is 0 Å². The molecule has 1 saturated heterocycles.